The topological polar surface area (TPSA) is 76.7 Å². The maximum atomic E-state index is 11.3. The van der Waals surface area contributed by atoms with Crippen LogP contribution in [0.2, 0.25) is 0 Å². The number of thiophene rings is 1. The van der Waals surface area contributed by atoms with Gasteiger partial charge in [0.25, 0.3) is 0 Å². The molecule has 0 aromatic carbocycles. The van der Waals surface area contributed by atoms with Gasteiger partial charge in [-0.25, -0.2) is 9.59 Å². The van der Waals surface area contributed by atoms with Gasteiger partial charge in [0, 0.05) is 6.07 Å². The van der Waals surface area contributed by atoms with Gasteiger partial charge in [-0.3, -0.25) is 0 Å². The van der Waals surface area contributed by atoms with E-state index in [1.54, 1.807) is 6.07 Å². The molecule has 0 fully saturated rings. The minimum Gasteiger partial charge on any atom is -0.493 e. The lowest BCUT2D eigenvalue weighted by Gasteiger charge is -1.93. The average Bonchev–Trinajstić information content (AvgIpc) is 2.58. The largest absolute Gasteiger partial charge is 0.493 e. The third kappa shape index (κ3) is 1.81. The molecule has 0 aliphatic carbocycles. The zero-order chi connectivity index (χ0) is 11.7. The van der Waals surface area contributed by atoms with Gasteiger partial charge in [0.1, 0.15) is 5.56 Å². The van der Waals surface area contributed by atoms with Crippen LogP contribution in [0.4, 0.5) is 0 Å². The Morgan fingerprint density at radius 1 is 1.56 bits per heavy atom. The predicted octanol–water partition coefficient (Wildman–Crippen LogP) is 0.522. The number of ether oxygens (including phenoxy) is 1. The van der Waals surface area contributed by atoms with Crippen molar-refractivity contribution < 1.29 is 19.1 Å². The fraction of sp³-hybridized carbons (Fsp3) is 0.111. The standard InChI is InChI=1S/C9H7BO5S/c10-3-14-7-2-5-6(16-7)1-4(8(11)12)9(13)15-5/h1-2H,3,10H2,(H,11,12). The summed E-state index contributed by atoms with van der Waals surface area (Å²) in [5.74, 6) is -1.29. The zero-order valence-corrected chi connectivity index (χ0v) is 9.17. The molecule has 0 aliphatic heterocycles. The molecule has 0 unspecified atom stereocenters. The molecule has 0 radical (unpaired) electrons. The fourth-order valence-corrected chi connectivity index (χ4v) is 2.19. The Bertz CT molecular complexity index is 599. The first-order chi connectivity index (χ1) is 7.61. The van der Waals surface area contributed by atoms with Crippen LogP contribution < -0.4 is 10.4 Å². The molecule has 0 saturated heterocycles. The summed E-state index contributed by atoms with van der Waals surface area (Å²) in [6.07, 6.45) is 0. The van der Waals surface area contributed by atoms with E-state index in [-0.39, 0.29) is 5.56 Å². The Hall–Kier alpha value is -1.76. The molecule has 1 N–H and O–H groups in total. The van der Waals surface area contributed by atoms with Gasteiger partial charge in [-0.15, -0.1) is 0 Å². The Morgan fingerprint density at radius 2 is 2.31 bits per heavy atom. The number of hydrogen-bond donors (Lipinski definition) is 1. The molecule has 2 heterocycles. The number of rotatable bonds is 3. The summed E-state index contributed by atoms with van der Waals surface area (Å²) >= 11 is 1.24. The van der Waals surface area contributed by atoms with Crippen molar-refractivity contribution in [1.82, 2.24) is 0 Å². The van der Waals surface area contributed by atoms with Crippen molar-refractivity contribution in [2.45, 2.75) is 0 Å². The van der Waals surface area contributed by atoms with Gasteiger partial charge in [0.2, 0.25) is 0 Å². The Labute approximate surface area is 94.7 Å². The normalized spacial score (nSPS) is 10.5. The van der Waals surface area contributed by atoms with Crippen molar-refractivity contribution in [3.05, 3.63) is 28.1 Å². The van der Waals surface area contributed by atoms with Gasteiger partial charge in [-0.05, 0) is 6.07 Å². The number of carboxylic acid groups (broad SMARTS) is 1. The molecule has 2 aromatic rings. The molecular weight excluding hydrogens is 231 g/mol. The van der Waals surface area contributed by atoms with Gasteiger partial charge in [-0.1, -0.05) is 11.3 Å². The van der Waals surface area contributed by atoms with Gasteiger partial charge < -0.3 is 14.3 Å². The van der Waals surface area contributed by atoms with Crippen molar-refractivity contribution in [3.63, 3.8) is 0 Å². The van der Waals surface area contributed by atoms with Gasteiger partial charge in [0.15, 0.2) is 18.5 Å². The van der Waals surface area contributed by atoms with Gasteiger partial charge >= 0.3 is 11.6 Å². The molecule has 0 saturated carbocycles. The summed E-state index contributed by atoms with van der Waals surface area (Å²) in [6.45, 7) is 0.503. The monoisotopic (exact) mass is 238 g/mol. The number of hydrogen-bond acceptors (Lipinski definition) is 5. The minimum atomic E-state index is -1.29. The van der Waals surface area contributed by atoms with E-state index in [2.05, 4.69) is 0 Å². The molecule has 0 aliphatic rings. The van der Waals surface area contributed by atoms with Crippen LogP contribution in [0.15, 0.2) is 21.3 Å². The lowest BCUT2D eigenvalue weighted by Crippen LogP contribution is -2.12. The van der Waals surface area contributed by atoms with Crippen LogP contribution in [0, 0.1) is 0 Å². The minimum absolute atomic E-state index is 0.350. The SMILES string of the molecule is BCOc1cc2oc(=O)c(C(=O)O)cc2s1. The van der Waals surface area contributed by atoms with Crippen LogP contribution in [0.1, 0.15) is 10.4 Å². The number of aromatic carboxylic acids is 1. The second kappa shape index (κ2) is 4.01. The Morgan fingerprint density at radius 3 is 2.94 bits per heavy atom. The van der Waals surface area contributed by atoms with Crippen molar-refractivity contribution in [2.75, 3.05) is 6.51 Å². The second-order valence-corrected chi connectivity index (χ2v) is 4.03. The fourth-order valence-electron chi connectivity index (χ4n) is 1.25. The van der Waals surface area contributed by atoms with Crippen LogP contribution in [-0.2, 0) is 0 Å². The molecule has 16 heavy (non-hydrogen) atoms. The van der Waals surface area contributed by atoms with Crippen molar-refractivity contribution in [3.8, 4) is 5.06 Å². The van der Waals surface area contributed by atoms with Crippen molar-refractivity contribution in [1.29, 1.82) is 0 Å². The summed E-state index contributed by atoms with van der Waals surface area (Å²) in [5.41, 5.74) is -0.860. The summed E-state index contributed by atoms with van der Waals surface area (Å²) in [7, 11) is 1.84. The first-order valence-electron chi connectivity index (χ1n) is 4.55. The quantitative estimate of drug-likeness (QED) is 0.789. The van der Waals surface area contributed by atoms with Crippen molar-refractivity contribution in [2.24, 2.45) is 0 Å². The molecule has 0 amide bonds. The summed E-state index contributed by atoms with van der Waals surface area (Å²) in [6, 6.07) is 2.88. The van der Waals surface area contributed by atoms with E-state index >= 15 is 0 Å². The Kier molecular flexibility index (Phi) is 2.70. The molecular formula is C9H7BO5S. The molecule has 2 rings (SSSR count). The maximum Gasteiger partial charge on any atom is 0.351 e. The van der Waals surface area contributed by atoms with Crippen LogP contribution in [0.5, 0.6) is 5.06 Å². The maximum absolute atomic E-state index is 11.3. The smallest absolute Gasteiger partial charge is 0.351 e. The molecule has 0 spiro atoms. The number of carbonyl (C=O) groups is 1. The van der Waals surface area contributed by atoms with Crippen LogP contribution in [-0.4, -0.2) is 25.4 Å². The van der Waals surface area contributed by atoms with Crippen molar-refractivity contribution >= 4 is 35.4 Å². The molecule has 82 valence electrons. The van der Waals surface area contributed by atoms with Crippen LogP contribution in [0.25, 0.3) is 10.3 Å². The highest BCUT2D eigenvalue weighted by Gasteiger charge is 2.14. The summed E-state index contributed by atoms with van der Waals surface area (Å²) in [4.78, 5) is 22.0. The summed E-state index contributed by atoms with van der Waals surface area (Å²) < 4.78 is 10.7. The van der Waals surface area contributed by atoms with E-state index < -0.39 is 11.6 Å². The van der Waals surface area contributed by atoms with E-state index in [4.69, 9.17) is 14.3 Å². The molecule has 0 atom stereocenters. The van der Waals surface area contributed by atoms with E-state index in [0.717, 1.165) is 0 Å². The molecule has 0 bridgehead atoms. The van der Waals surface area contributed by atoms with E-state index in [0.29, 0.717) is 21.9 Å². The second-order valence-electron chi connectivity index (χ2n) is 2.98. The predicted molar refractivity (Wildman–Crippen MR) is 61.4 cm³/mol. The highest BCUT2D eigenvalue weighted by Crippen LogP contribution is 2.31. The first kappa shape index (κ1) is 10.8. The zero-order valence-electron chi connectivity index (χ0n) is 8.35. The highest BCUT2D eigenvalue weighted by molar-refractivity contribution is 7.20. The number of carboxylic acids is 1. The van der Waals surface area contributed by atoms with Crippen LogP contribution in [0.3, 0.4) is 0 Å². The third-order valence-electron chi connectivity index (χ3n) is 1.92. The first-order valence-corrected chi connectivity index (χ1v) is 5.37. The molecule has 5 nitrogen and oxygen atoms in total. The van der Waals surface area contributed by atoms with E-state index in [9.17, 15) is 9.59 Å². The highest BCUT2D eigenvalue weighted by atomic mass is 32.1. The lowest BCUT2D eigenvalue weighted by atomic mass is 10.2. The molecule has 2 aromatic heterocycles. The van der Waals surface area contributed by atoms with Gasteiger partial charge in [0.05, 0.1) is 11.2 Å². The third-order valence-corrected chi connectivity index (χ3v) is 2.89. The molecule has 7 heteroatoms. The van der Waals surface area contributed by atoms with Gasteiger partial charge in [-0.2, -0.15) is 0 Å². The average molecular weight is 238 g/mol. The Balaban J connectivity index is 2.61. The summed E-state index contributed by atoms with van der Waals surface area (Å²) in [5, 5.41) is 9.35. The van der Waals surface area contributed by atoms with E-state index in [1.807, 2.05) is 7.85 Å². The number of fused-ring (bicyclic) bond motifs is 1. The van der Waals surface area contributed by atoms with E-state index in [1.165, 1.54) is 17.4 Å². The van der Waals surface area contributed by atoms with Crippen LogP contribution >= 0.6 is 11.3 Å². The lowest BCUT2D eigenvalue weighted by molar-refractivity contribution is 0.0692.